The van der Waals surface area contributed by atoms with Gasteiger partial charge in [0.25, 0.3) is 0 Å². The molecule has 0 amide bonds. The summed E-state index contributed by atoms with van der Waals surface area (Å²) in [7, 11) is 0. The average molecular weight is 740 g/mol. The minimum Gasteiger partial charge on any atom is -0.543 e. The van der Waals surface area contributed by atoms with Crippen molar-refractivity contribution in [2.24, 2.45) is 0 Å². The van der Waals surface area contributed by atoms with Crippen molar-refractivity contribution in [3.05, 3.63) is 53.1 Å². The number of carbonyl (C=O) groups excluding carboxylic acids is 6. The molecule has 0 fully saturated rings. The van der Waals surface area contributed by atoms with Crippen molar-refractivity contribution in [1.29, 1.82) is 0 Å². The first kappa shape index (κ1) is 34.0. The Bertz CT molecular complexity index is 983. The van der Waals surface area contributed by atoms with Gasteiger partial charge < -0.3 is 74.4 Å². The molecule has 0 unspecified atom stereocenters. The Balaban J connectivity index is 0. The molecule has 0 aromatic carbocycles. The second kappa shape index (κ2) is 15.7. The smallest absolute Gasteiger partial charge is 0.543 e. The zero-order valence-corrected chi connectivity index (χ0v) is 23.9. The van der Waals surface area contributed by atoms with Crippen LogP contribution < -0.4 is 30.6 Å². The van der Waals surface area contributed by atoms with Crippen molar-refractivity contribution in [2.75, 3.05) is 0 Å². The van der Waals surface area contributed by atoms with Crippen molar-refractivity contribution in [3.8, 4) is 0 Å². The summed E-state index contributed by atoms with van der Waals surface area (Å²) in [6.45, 7) is 0. The maximum Gasteiger partial charge on any atom is 3.00 e. The SMILES string of the molecule is O=C([O-])c1nc[nH]c1C(=O)[O-].O=C([O-])c1nc[nH]c1C(=O)[O-].O=C([O-])c1nc[nH]c1C(=O)[O-].[La+3].[La+3]. The second-order valence-electron chi connectivity index (χ2n) is 5.10. The molecule has 20 heteroatoms. The van der Waals surface area contributed by atoms with Crippen molar-refractivity contribution in [1.82, 2.24) is 29.9 Å². The normalized spacial score (nSPS) is 8.91. The molecular formula is C15H6La2N6O12. The van der Waals surface area contributed by atoms with Crippen LogP contribution in [0.15, 0.2) is 19.0 Å². The van der Waals surface area contributed by atoms with Crippen molar-refractivity contribution in [2.45, 2.75) is 0 Å². The van der Waals surface area contributed by atoms with E-state index in [9.17, 15) is 59.4 Å². The number of rotatable bonds is 6. The number of carbonyl (C=O) groups is 6. The Labute approximate surface area is 247 Å². The molecule has 3 heterocycles. The van der Waals surface area contributed by atoms with E-state index in [1.807, 2.05) is 0 Å². The molecule has 0 saturated carbocycles. The van der Waals surface area contributed by atoms with Gasteiger partial charge in [-0.15, -0.1) is 0 Å². The van der Waals surface area contributed by atoms with Gasteiger partial charge in [0, 0.05) is 0 Å². The van der Waals surface area contributed by atoms with Gasteiger partial charge in [-0.1, -0.05) is 0 Å². The van der Waals surface area contributed by atoms with Gasteiger partial charge in [-0.25, -0.2) is 15.0 Å². The summed E-state index contributed by atoms with van der Waals surface area (Å²) in [6, 6.07) is 0. The number of carboxylic acids is 6. The molecular weight excluding hydrogens is 734 g/mol. The Morgan fingerprint density at radius 2 is 0.657 bits per heavy atom. The molecule has 18 nitrogen and oxygen atoms in total. The molecule has 0 aliphatic rings. The second-order valence-corrected chi connectivity index (χ2v) is 5.10. The molecule has 174 valence electrons. The number of aromatic carboxylic acids is 6. The van der Waals surface area contributed by atoms with Crippen LogP contribution in [-0.4, -0.2) is 65.7 Å². The standard InChI is InChI=1S/3C5H4N2O4.2La/c3*8-4(9)2-3(5(10)11)7-1-6-2;;/h3*1H,(H,6,7)(H,8,9)(H,10,11);;/q;;;2*+3/p-6. The summed E-state index contributed by atoms with van der Waals surface area (Å²) in [5, 5.41) is 60.6. The Morgan fingerprint density at radius 1 is 0.457 bits per heavy atom. The van der Waals surface area contributed by atoms with Crippen molar-refractivity contribution >= 4 is 35.8 Å². The molecule has 0 aliphatic heterocycles. The van der Waals surface area contributed by atoms with Gasteiger partial charge in [0.1, 0.15) is 17.1 Å². The fourth-order valence-electron chi connectivity index (χ4n) is 1.81. The van der Waals surface area contributed by atoms with Gasteiger partial charge in [-0.2, -0.15) is 0 Å². The molecule has 3 N–H and O–H groups in total. The van der Waals surface area contributed by atoms with Crippen LogP contribution in [0.3, 0.4) is 0 Å². The first-order valence-corrected chi connectivity index (χ1v) is 7.76. The average Bonchev–Trinajstić information content (AvgIpc) is 3.48. The largest absolute Gasteiger partial charge is 3.00 e. The van der Waals surface area contributed by atoms with Crippen LogP contribution in [0.5, 0.6) is 0 Å². The Morgan fingerprint density at radius 3 is 0.771 bits per heavy atom. The fraction of sp³-hybridized carbons (Fsp3) is 0. The van der Waals surface area contributed by atoms with Crippen LogP contribution in [-0.2, 0) is 0 Å². The number of aromatic amines is 3. The molecule has 0 bridgehead atoms. The van der Waals surface area contributed by atoms with E-state index in [-0.39, 0.29) is 71.2 Å². The number of carboxylic acid groups (broad SMARTS) is 6. The predicted molar refractivity (Wildman–Crippen MR) is 81.7 cm³/mol. The van der Waals surface area contributed by atoms with Gasteiger partial charge in [0.2, 0.25) is 0 Å². The summed E-state index contributed by atoms with van der Waals surface area (Å²) in [5.74, 6) is -9.81. The van der Waals surface area contributed by atoms with Gasteiger partial charge in [0.05, 0.1) is 71.9 Å². The van der Waals surface area contributed by atoms with Gasteiger partial charge >= 0.3 is 71.2 Å². The molecule has 0 aliphatic carbocycles. The summed E-state index contributed by atoms with van der Waals surface area (Å²) < 4.78 is 0. The molecule has 0 saturated heterocycles. The van der Waals surface area contributed by atoms with E-state index in [0.29, 0.717) is 0 Å². The van der Waals surface area contributed by atoms with E-state index in [1.54, 1.807) is 0 Å². The van der Waals surface area contributed by atoms with Crippen molar-refractivity contribution in [3.63, 3.8) is 0 Å². The fourth-order valence-corrected chi connectivity index (χ4v) is 1.81. The maximum absolute atomic E-state index is 10.1. The molecule has 0 spiro atoms. The molecule has 3 aromatic heterocycles. The van der Waals surface area contributed by atoms with Gasteiger partial charge in [-0.3, -0.25) is 0 Å². The number of nitrogens with zero attached hydrogens (tertiary/aromatic N) is 3. The topological polar surface area (TPSA) is 327 Å². The zero-order valence-electron chi connectivity index (χ0n) is 16.6. The van der Waals surface area contributed by atoms with E-state index in [4.69, 9.17) is 0 Å². The minimum atomic E-state index is -1.65. The number of nitrogens with one attached hydrogen (secondary N) is 3. The van der Waals surface area contributed by atoms with E-state index in [0.717, 1.165) is 19.0 Å². The minimum absolute atomic E-state index is 0. The molecule has 0 radical (unpaired) electrons. The molecule has 0 atom stereocenters. The third-order valence-corrected chi connectivity index (χ3v) is 3.11. The van der Waals surface area contributed by atoms with Gasteiger partial charge in [-0.05, 0) is 0 Å². The molecule has 35 heavy (non-hydrogen) atoms. The van der Waals surface area contributed by atoms with Gasteiger partial charge in [0.15, 0.2) is 0 Å². The number of hydrogen-bond acceptors (Lipinski definition) is 15. The van der Waals surface area contributed by atoms with Crippen LogP contribution in [0.1, 0.15) is 62.9 Å². The monoisotopic (exact) mass is 740 g/mol. The molecule has 3 rings (SSSR count). The van der Waals surface area contributed by atoms with Crippen LogP contribution in [0.2, 0.25) is 0 Å². The Kier molecular flexibility index (Phi) is 15.2. The number of aromatic nitrogens is 6. The third kappa shape index (κ3) is 9.92. The quantitative estimate of drug-likeness (QED) is 0.211. The number of imidazole rings is 3. The number of hydrogen-bond donors (Lipinski definition) is 3. The first-order chi connectivity index (χ1) is 15.4. The Hall–Kier alpha value is -3.16. The summed E-state index contributed by atoms with van der Waals surface area (Å²) in [5.41, 5.74) is -3.68. The van der Waals surface area contributed by atoms with Crippen LogP contribution in [0, 0.1) is 71.2 Å². The van der Waals surface area contributed by atoms with E-state index >= 15 is 0 Å². The van der Waals surface area contributed by atoms with E-state index in [2.05, 4.69) is 29.9 Å². The summed E-state index contributed by atoms with van der Waals surface area (Å²) >= 11 is 0. The number of H-pyrrole nitrogens is 3. The summed E-state index contributed by atoms with van der Waals surface area (Å²) in [6.07, 6.45) is 2.82. The molecule has 3 aromatic rings. The van der Waals surface area contributed by atoms with Crippen LogP contribution in [0.4, 0.5) is 0 Å². The van der Waals surface area contributed by atoms with Crippen LogP contribution >= 0.6 is 0 Å². The third-order valence-electron chi connectivity index (χ3n) is 3.11. The predicted octanol–water partition coefficient (Wildman–Crippen LogP) is -8.59. The van der Waals surface area contributed by atoms with E-state index in [1.165, 1.54) is 0 Å². The van der Waals surface area contributed by atoms with Crippen molar-refractivity contribution < 1.29 is 131 Å². The first-order valence-electron chi connectivity index (χ1n) is 7.76. The maximum atomic E-state index is 10.1. The zero-order chi connectivity index (χ0) is 25.3. The summed E-state index contributed by atoms with van der Waals surface area (Å²) in [4.78, 5) is 76.5. The van der Waals surface area contributed by atoms with E-state index < -0.39 is 70.0 Å². The van der Waals surface area contributed by atoms with Crippen LogP contribution in [0.25, 0.3) is 0 Å².